The zero-order chi connectivity index (χ0) is 21.0. The Kier molecular flexibility index (Phi) is 6.32. The predicted molar refractivity (Wildman–Crippen MR) is 111 cm³/mol. The van der Waals surface area contributed by atoms with Gasteiger partial charge in [-0.1, -0.05) is 24.3 Å². The van der Waals surface area contributed by atoms with Crippen LogP contribution in [0, 0.1) is 19.7 Å². The minimum Gasteiger partial charge on any atom is -0.439 e. The molecule has 6 heteroatoms. The van der Waals surface area contributed by atoms with Crippen molar-refractivity contribution in [2.75, 3.05) is 0 Å². The summed E-state index contributed by atoms with van der Waals surface area (Å²) in [6.07, 6.45) is 0.791. The van der Waals surface area contributed by atoms with E-state index < -0.39 is 0 Å². The zero-order valence-electron chi connectivity index (χ0n) is 17.2. The van der Waals surface area contributed by atoms with E-state index >= 15 is 0 Å². The summed E-state index contributed by atoms with van der Waals surface area (Å²) in [5.41, 5.74) is 3.51. The van der Waals surface area contributed by atoms with Gasteiger partial charge in [0.25, 0.3) is 0 Å². The molecule has 0 saturated carbocycles. The highest BCUT2D eigenvalue weighted by atomic mass is 19.1. The van der Waals surface area contributed by atoms with Gasteiger partial charge in [0.15, 0.2) is 0 Å². The molecule has 0 radical (unpaired) electrons. The van der Waals surface area contributed by atoms with Gasteiger partial charge in [0.05, 0.1) is 11.4 Å². The molecule has 2 aromatic carbocycles. The van der Waals surface area contributed by atoms with Crippen LogP contribution in [0.2, 0.25) is 0 Å². The molecule has 1 N–H and O–H groups in total. The second kappa shape index (κ2) is 8.90. The molecule has 1 heterocycles. The number of nitrogens with zero attached hydrogens (tertiary/aromatic N) is 2. The van der Waals surface area contributed by atoms with E-state index in [1.54, 1.807) is 16.8 Å². The second-order valence-electron chi connectivity index (χ2n) is 7.35. The highest BCUT2D eigenvalue weighted by Gasteiger charge is 2.21. The van der Waals surface area contributed by atoms with E-state index in [1.807, 2.05) is 52.0 Å². The van der Waals surface area contributed by atoms with Crippen LogP contribution in [0.15, 0.2) is 48.5 Å². The van der Waals surface area contributed by atoms with Gasteiger partial charge in [0.1, 0.15) is 11.6 Å². The fraction of sp³-hybridized carbons (Fsp3) is 0.304. The van der Waals surface area contributed by atoms with E-state index in [4.69, 9.17) is 4.74 Å². The van der Waals surface area contributed by atoms with Crippen LogP contribution in [0.4, 0.5) is 4.39 Å². The number of hydrogen-bond donors (Lipinski definition) is 1. The molecule has 0 saturated heterocycles. The Labute approximate surface area is 170 Å². The molecular formula is C23H26FN3O2. The summed E-state index contributed by atoms with van der Waals surface area (Å²) in [6.45, 7) is 7.74. The Balaban J connectivity index is 2.00. The van der Waals surface area contributed by atoms with E-state index in [1.165, 1.54) is 12.1 Å². The Morgan fingerprint density at radius 3 is 2.62 bits per heavy atom. The molecule has 152 valence electrons. The summed E-state index contributed by atoms with van der Waals surface area (Å²) in [7, 11) is 0. The number of benzene rings is 2. The number of hydrogen-bond acceptors (Lipinski definition) is 3. The maximum Gasteiger partial charge on any atom is 0.226 e. The number of para-hydroxylation sites is 1. The lowest BCUT2D eigenvalue weighted by atomic mass is 10.1. The third-order valence-corrected chi connectivity index (χ3v) is 4.54. The molecule has 0 atom stereocenters. The van der Waals surface area contributed by atoms with E-state index in [9.17, 15) is 9.18 Å². The molecule has 1 amide bonds. The predicted octanol–water partition coefficient (Wildman–Crippen LogP) is 4.88. The normalized spacial score (nSPS) is 11.0. The van der Waals surface area contributed by atoms with Crippen LogP contribution >= 0.6 is 0 Å². The average molecular weight is 395 g/mol. The van der Waals surface area contributed by atoms with Gasteiger partial charge in [-0.3, -0.25) is 4.79 Å². The van der Waals surface area contributed by atoms with Crippen LogP contribution in [0.5, 0.6) is 11.6 Å². The van der Waals surface area contributed by atoms with Crippen molar-refractivity contribution in [2.24, 2.45) is 0 Å². The number of halogens is 1. The first-order valence-electron chi connectivity index (χ1n) is 9.72. The molecule has 1 aromatic heterocycles. The molecule has 29 heavy (non-hydrogen) atoms. The molecular weight excluding hydrogens is 369 g/mol. The molecule has 3 rings (SSSR count). The summed E-state index contributed by atoms with van der Waals surface area (Å²) in [5, 5.41) is 7.57. The number of amides is 1. The number of carbonyl (C=O) groups excluding carboxylic acids is 1. The first kappa shape index (κ1) is 20.6. The van der Waals surface area contributed by atoms with Gasteiger partial charge < -0.3 is 10.1 Å². The van der Waals surface area contributed by atoms with Crippen molar-refractivity contribution in [3.05, 3.63) is 71.2 Å². The van der Waals surface area contributed by atoms with Gasteiger partial charge in [-0.05, 0) is 57.9 Å². The van der Waals surface area contributed by atoms with Gasteiger partial charge >= 0.3 is 0 Å². The summed E-state index contributed by atoms with van der Waals surface area (Å²) in [5.74, 6) is 0.478. The van der Waals surface area contributed by atoms with E-state index in [2.05, 4.69) is 10.4 Å². The molecule has 0 unspecified atom stereocenters. The van der Waals surface area contributed by atoms with Gasteiger partial charge in [0, 0.05) is 24.1 Å². The molecule has 0 fully saturated rings. The lowest BCUT2D eigenvalue weighted by molar-refractivity contribution is -0.121. The van der Waals surface area contributed by atoms with Crippen LogP contribution in [-0.2, 0) is 11.2 Å². The molecule has 0 bridgehead atoms. The number of carbonyl (C=O) groups is 1. The maximum absolute atomic E-state index is 13.7. The van der Waals surface area contributed by atoms with Crippen LogP contribution in [0.1, 0.15) is 37.1 Å². The molecule has 0 spiro atoms. The quantitative estimate of drug-likeness (QED) is 0.620. The highest BCUT2D eigenvalue weighted by Crippen LogP contribution is 2.32. The Hall–Kier alpha value is -3.15. The van der Waals surface area contributed by atoms with Gasteiger partial charge in [-0.25, -0.2) is 4.39 Å². The van der Waals surface area contributed by atoms with Gasteiger partial charge in [0.2, 0.25) is 11.8 Å². The molecule has 0 aliphatic carbocycles. The third-order valence-electron chi connectivity index (χ3n) is 4.54. The lowest BCUT2D eigenvalue weighted by Crippen LogP contribution is -2.30. The van der Waals surface area contributed by atoms with Crippen molar-refractivity contribution in [2.45, 2.75) is 46.6 Å². The van der Waals surface area contributed by atoms with Gasteiger partial charge in [-0.15, -0.1) is 0 Å². The van der Waals surface area contributed by atoms with E-state index in [-0.39, 0.29) is 17.8 Å². The fourth-order valence-corrected chi connectivity index (χ4v) is 3.17. The maximum atomic E-state index is 13.7. The zero-order valence-corrected chi connectivity index (χ0v) is 17.2. The number of aryl methyl sites for hydroxylation is 2. The van der Waals surface area contributed by atoms with E-state index in [0.717, 1.165) is 22.5 Å². The molecule has 5 nitrogen and oxygen atoms in total. The average Bonchev–Trinajstić information content (AvgIpc) is 2.95. The van der Waals surface area contributed by atoms with Crippen molar-refractivity contribution in [3.63, 3.8) is 0 Å². The Bertz CT molecular complexity index is 1010. The number of nitrogens with one attached hydrogen (secondary N) is 1. The Morgan fingerprint density at radius 2 is 1.93 bits per heavy atom. The number of ether oxygens (including phenoxy) is 1. The lowest BCUT2D eigenvalue weighted by Gasteiger charge is -2.13. The first-order chi connectivity index (χ1) is 13.8. The summed E-state index contributed by atoms with van der Waals surface area (Å²) < 4.78 is 21.5. The smallest absolute Gasteiger partial charge is 0.226 e. The fourth-order valence-electron chi connectivity index (χ4n) is 3.17. The molecule has 0 aliphatic heterocycles. The highest BCUT2D eigenvalue weighted by molar-refractivity contribution is 5.76. The number of rotatable bonds is 7. The summed E-state index contributed by atoms with van der Waals surface area (Å²) in [6, 6.07) is 13.9. The van der Waals surface area contributed by atoms with Gasteiger partial charge in [-0.2, -0.15) is 9.78 Å². The van der Waals surface area contributed by atoms with Crippen LogP contribution < -0.4 is 10.1 Å². The third kappa shape index (κ3) is 5.02. The van der Waals surface area contributed by atoms with Crippen LogP contribution in [-0.4, -0.2) is 21.7 Å². The minimum atomic E-state index is -0.376. The standard InChI is InChI=1S/C23H26FN3O2/c1-15(2)25-22(28)13-12-20-17(4)26-27(21-11-6-5-8-16(21)3)23(20)29-19-10-7-9-18(24)14-19/h5-11,14-15H,12-13H2,1-4H3,(H,25,28). The Morgan fingerprint density at radius 1 is 1.17 bits per heavy atom. The monoisotopic (exact) mass is 395 g/mol. The molecule has 0 aliphatic rings. The van der Waals surface area contributed by atoms with E-state index in [0.29, 0.717) is 24.5 Å². The van der Waals surface area contributed by atoms with Crippen molar-refractivity contribution < 1.29 is 13.9 Å². The minimum absolute atomic E-state index is 0.0280. The first-order valence-corrected chi connectivity index (χ1v) is 9.72. The summed E-state index contributed by atoms with van der Waals surface area (Å²) in [4.78, 5) is 12.2. The topological polar surface area (TPSA) is 56.2 Å². The van der Waals surface area contributed by atoms with Crippen molar-refractivity contribution >= 4 is 5.91 Å². The van der Waals surface area contributed by atoms with Crippen molar-refractivity contribution in [1.29, 1.82) is 0 Å². The number of aromatic nitrogens is 2. The summed E-state index contributed by atoms with van der Waals surface area (Å²) >= 11 is 0. The van der Waals surface area contributed by atoms with Crippen molar-refractivity contribution in [1.82, 2.24) is 15.1 Å². The second-order valence-corrected chi connectivity index (χ2v) is 7.35. The van der Waals surface area contributed by atoms with Crippen molar-refractivity contribution in [3.8, 4) is 17.3 Å². The van der Waals surface area contributed by atoms with Crippen LogP contribution in [0.25, 0.3) is 5.69 Å². The largest absolute Gasteiger partial charge is 0.439 e. The SMILES string of the molecule is Cc1ccccc1-n1nc(C)c(CCC(=O)NC(C)C)c1Oc1cccc(F)c1. The van der Waals surface area contributed by atoms with Crippen LogP contribution in [0.3, 0.4) is 0 Å². The molecule has 3 aromatic rings.